The molecule has 0 aromatic carbocycles. The van der Waals surface area contributed by atoms with Gasteiger partial charge in [-0.1, -0.05) is 0 Å². The molecule has 1 atom stereocenters. The number of aliphatic hydroxyl groups is 1. The first kappa shape index (κ1) is 11.4. The van der Waals surface area contributed by atoms with Gasteiger partial charge < -0.3 is 10.0 Å². The summed E-state index contributed by atoms with van der Waals surface area (Å²) in [6.45, 7) is 1.85. The Labute approximate surface area is 87.3 Å². The second-order valence-electron chi connectivity index (χ2n) is 3.27. The maximum atomic E-state index is 10.4. The van der Waals surface area contributed by atoms with Crippen molar-refractivity contribution in [3.8, 4) is 0 Å². The Morgan fingerprint density at radius 1 is 1.67 bits per heavy atom. The maximum absolute atomic E-state index is 10.4. The molecule has 0 saturated carbocycles. The summed E-state index contributed by atoms with van der Waals surface area (Å²) in [5.41, 5.74) is -0.0381. The highest BCUT2D eigenvalue weighted by atomic mass is 16.6. The van der Waals surface area contributed by atoms with Crippen molar-refractivity contribution < 1.29 is 10.0 Å². The van der Waals surface area contributed by atoms with Crippen molar-refractivity contribution in [1.29, 1.82) is 0 Å². The van der Waals surface area contributed by atoms with Crippen molar-refractivity contribution in [1.82, 2.24) is 4.98 Å². The lowest BCUT2D eigenvalue weighted by Gasteiger charge is -2.23. The average molecular weight is 211 g/mol. The Kier molecular flexibility index (Phi) is 3.56. The molecule has 1 aromatic heterocycles. The van der Waals surface area contributed by atoms with Crippen LogP contribution in [0.15, 0.2) is 18.3 Å². The summed E-state index contributed by atoms with van der Waals surface area (Å²) in [7, 11) is 1.77. The van der Waals surface area contributed by atoms with Crippen LogP contribution >= 0.6 is 0 Å². The fourth-order valence-corrected chi connectivity index (χ4v) is 1.04. The van der Waals surface area contributed by atoms with Crippen molar-refractivity contribution in [2.24, 2.45) is 0 Å². The first-order chi connectivity index (χ1) is 7.06. The number of hydrogen-bond acceptors (Lipinski definition) is 5. The Bertz CT molecular complexity index is 339. The van der Waals surface area contributed by atoms with Crippen LogP contribution in [0.3, 0.4) is 0 Å². The lowest BCUT2D eigenvalue weighted by molar-refractivity contribution is -0.385. The zero-order valence-electron chi connectivity index (χ0n) is 8.62. The van der Waals surface area contributed by atoms with E-state index in [1.165, 1.54) is 12.3 Å². The predicted octanol–water partition coefficient (Wildman–Crippen LogP) is 0.807. The number of rotatable bonds is 4. The number of likely N-dealkylation sites (N-methyl/N-ethyl adjacent to an activating group) is 1. The van der Waals surface area contributed by atoms with Gasteiger partial charge in [-0.2, -0.15) is 0 Å². The van der Waals surface area contributed by atoms with E-state index in [9.17, 15) is 10.1 Å². The number of pyridine rings is 1. The van der Waals surface area contributed by atoms with Gasteiger partial charge in [-0.25, -0.2) is 4.98 Å². The molecule has 0 aliphatic carbocycles. The first-order valence-corrected chi connectivity index (χ1v) is 4.50. The van der Waals surface area contributed by atoms with E-state index in [2.05, 4.69) is 4.98 Å². The fraction of sp³-hybridized carbons (Fsp3) is 0.444. The topological polar surface area (TPSA) is 79.5 Å². The normalized spacial score (nSPS) is 12.2. The first-order valence-electron chi connectivity index (χ1n) is 4.50. The van der Waals surface area contributed by atoms with Crippen LogP contribution in [0.4, 0.5) is 11.5 Å². The number of aromatic nitrogens is 1. The zero-order valence-corrected chi connectivity index (χ0v) is 8.62. The van der Waals surface area contributed by atoms with Gasteiger partial charge in [0.15, 0.2) is 0 Å². The molecule has 6 heteroatoms. The summed E-state index contributed by atoms with van der Waals surface area (Å²) in [5, 5.41) is 19.3. The quantitative estimate of drug-likeness (QED) is 0.588. The third-order valence-corrected chi connectivity index (χ3v) is 2.23. The predicted molar refractivity (Wildman–Crippen MR) is 55.8 cm³/mol. The van der Waals surface area contributed by atoms with Gasteiger partial charge in [-0.15, -0.1) is 0 Å². The van der Waals surface area contributed by atoms with Gasteiger partial charge in [0, 0.05) is 13.1 Å². The molecule has 0 amide bonds. The lowest BCUT2D eigenvalue weighted by Crippen LogP contribution is -2.32. The third-order valence-electron chi connectivity index (χ3n) is 2.23. The summed E-state index contributed by atoms with van der Waals surface area (Å²) < 4.78 is 0. The Morgan fingerprint density at radius 3 is 2.73 bits per heavy atom. The molecule has 1 N–H and O–H groups in total. The minimum Gasteiger partial charge on any atom is -0.394 e. The molecule has 1 rings (SSSR count). The summed E-state index contributed by atoms with van der Waals surface area (Å²) in [5.74, 6) is 0.599. The summed E-state index contributed by atoms with van der Waals surface area (Å²) in [4.78, 5) is 15.6. The van der Waals surface area contributed by atoms with Gasteiger partial charge in [0.05, 0.1) is 17.6 Å². The molecule has 0 bridgehead atoms. The maximum Gasteiger partial charge on any atom is 0.287 e. The van der Waals surface area contributed by atoms with E-state index >= 15 is 0 Å². The fourth-order valence-electron chi connectivity index (χ4n) is 1.04. The number of hydrogen-bond donors (Lipinski definition) is 1. The molecule has 15 heavy (non-hydrogen) atoms. The SMILES string of the molecule is CC(CO)N(C)c1ccc([N+](=O)[O-])cn1. The van der Waals surface area contributed by atoms with Crippen molar-refractivity contribution in [2.45, 2.75) is 13.0 Å². The van der Waals surface area contributed by atoms with E-state index in [1.807, 2.05) is 6.92 Å². The highest BCUT2D eigenvalue weighted by Gasteiger charge is 2.11. The van der Waals surface area contributed by atoms with Crippen LogP contribution < -0.4 is 4.90 Å². The van der Waals surface area contributed by atoms with Gasteiger partial charge in [0.2, 0.25) is 0 Å². The van der Waals surface area contributed by atoms with E-state index < -0.39 is 4.92 Å². The second kappa shape index (κ2) is 4.70. The van der Waals surface area contributed by atoms with Crippen molar-refractivity contribution >= 4 is 11.5 Å². The van der Waals surface area contributed by atoms with Crippen molar-refractivity contribution in [3.05, 3.63) is 28.4 Å². The Morgan fingerprint density at radius 2 is 2.33 bits per heavy atom. The van der Waals surface area contributed by atoms with Crippen LogP contribution in [0.2, 0.25) is 0 Å². The molecule has 0 fully saturated rings. The van der Waals surface area contributed by atoms with Crippen LogP contribution in [0.1, 0.15) is 6.92 Å². The summed E-state index contributed by atoms with van der Waals surface area (Å²) >= 11 is 0. The molecule has 0 saturated heterocycles. The highest BCUT2D eigenvalue weighted by Crippen LogP contribution is 2.15. The molecule has 6 nitrogen and oxygen atoms in total. The van der Waals surface area contributed by atoms with E-state index in [0.29, 0.717) is 5.82 Å². The zero-order chi connectivity index (χ0) is 11.4. The van der Waals surface area contributed by atoms with Crippen LogP contribution in [0.5, 0.6) is 0 Å². The molecular weight excluding hydrogens is 198 g/mol. The number of nitrogens with zero attached hydrogens (tertiary/aromatic N) is 3. The number of anilines is 1. The molecule has 82 valence electrons. The smallest absolute Gasteiger partial charge is 0.287 e. The average Bonchev–Trinajstić information content (AvgIpc) is 2.27. The minimum atomic E-state index is -0.494. The van der Waals surface area contributed by atoms with E-state index in [0.717, 1.165) is 0 Å². The Balaban J connectivity index is 2.84. The molecular formula is C9H13N3O3. The van der Waals surface area contributed by atoms with Crippen molar-refractivity contribution in [2.75, 3.05) is 18.6 Å². The minimum absolute atomic E-state index is 0.00909. The van der Waals surface area contributed by atoms with E-state index in [1.54, 1.807) is 18.0 Å². The van der Waals surface area contributed by atoms with Gasteiger partial charge >= 0.3 is 0 Å². The van der Waals surface area contributed by atoms with Crippen molar-refractivity contribution in [3.63, 3.8) is 0 Å². The number of nitro groups is 1. The highest BCUT2D eigenvalue weighted by molar-refractivity contribution is 5.42. The van der Waals surface area contributed by atoms with Gasteiger partial charge in [0.1, 0.15) is 12.0 Å². The van der Waals surface area contributed by atoms with E-state index in [-0.39, 0.29) is 18.3 Å². The van der Waals surface area contributed by atoms with Crippen LogP contribution in [-0.4, -0.2) is 34.7 Å². The second-order valence-corrected chi connectivity index (χ2v) is 3.27. The molecule has 1 aromatic rings. The molecule has 0 aliphatic heterocycles. The monoisotopic (exact) mass is 211 g/mol. The number of aliphatic hydroxyl groups excluding tert-OH is 1. The molecule has 1 heterocycles. The van der Waals surface area contributed by atoms with Crippen LogP contribution in [-0.2, 0) is 0 Å². The van der Waals surface area contributed by atoms with Crippen LogP contribution in [0.25, 0.3) is 0 Å². The van der Waals surface area contributed by atoms with E-state index in [4.69, 9.17) is 5.11 Å². The lowest BCUT2D eigenvalue weighted by atomic mass is 10.3. The third kappa shape index (κ3) is 2.63. The molecule has 0 spiro atoms. The van der Waals surface area contributed by atoms with Gasteiger partial charge in [-0.05, 0) is 13.0 Å². The van der Waals surface area contributed by atoms with Gasteiger partial charge in [0.25, 0.3) is 5.69 Å². The molecule has 0 radical (unpaired) electrons. The molecule has 0 aliphatic rings. The molecule has 1 unspecified atom stereocenters. The Hall–Kier alpha value is -1.69. The van der Waals surface area contributed by atoms with Gasteiger partial charge in [-0.3, -0.25) is 10.1 Å². The summed E-state index contributed by atoms with van der Waals surface area (Å²) in [6.07, 6.45) is 1.20. The largest absolute Gasteiger partial charge is 0.394 e. The van der Waals surface area contributed by atoms with Crippen LogP contribution in [0, 0.1) is 10.1 Å². The summed E-state index contributed by atoms with van der Waals surface area (Å²) in [6, 6.07) is 2.88. The standard InChI is InChI=1S/C9H13N3O3/c1-7(6-13)11(2)9-4-3-8(5-10-9)12(14)15/h3-5,7,13H,6H2,1-2H3.